The zero-order chi connectivity index (χ0) is 32.7. The number of phenols is 2. The van der Waals surface area contributed by atoms with Gasteiger partial charge < -0.3 is 92.0 Å². The number of hydrogen-bond donors (Lipinski definition) is 13. The number of hydrogen-bond acceptors (Lipinski definition) is 19. The second-order valence-corrected chi connectivity index (χ2v) is 10.9. The van der Waals surface area contributed by atoms with Crippen LogP contribution in [0.5, 0.6) is 11.5 Å². The number of aldehydes is 1. The summed E-state index contributed by atoms with van der Waals surface area (Å²) in [6, 6.07) is -2.28. The van der Waals surface area contributed by atoms with Crippen molar-refractivity contribution in [3.8, 4) is 11.5 Å². The quantitative estimate of drug-likeness (QED) is 0.0883. The fourth-order valence-corrected chi connectivity index (χ4v) is 5.55. The van der Waals surface area contributed by atoms with Gasteiger partial charge in [0.25, 0.3) is 0 Å². The van der Waals surface area contributed by atoms with Gasteiger partial charge in [-0.1, -0.05) is 6.07 Å². The van der Waals surface area contributed by atoms with Crippen LogP contribution in [-0.4, -0.2) is 163 Å². The summed E-state index contributed by atoms with van der Waals surface area (Å²) in [5.41, 5.74) is 14.7. The monoisotopic (exact) mass is 637 g/mol. The van der Waals surface area contributed by atoms with Crippen molar-refractivity contribution in [3.63, 3.8) is 0 Å². The Morgan fingerprint density at radius 3 is 1.89 bits per heavy atom. The number of aliphatic hydroxyl groups excluding tert-OH is 8. The van der Waals surface area contributed by atoms with Crippen molar-refractivity contribution in [2.24, 2.45) is 17.2 Å². The molecule has 44 heavy (non-hydrogen) atoms. The molecule has 250 valence electrons. The van der Waals surface area contributed by atoms with Crippen LogP contribution >= 0.6 is 0 Å². The van der Waals surface area contributed by atoms with E-state index >= 15 is 0 Å². The third-order valence-electron chi connectivity index (χ3n) is 8.24. The summed E-state index contributed by atoms with van der Waals surface area (Å²) >= 11 is 0. The molecular formula is C25H39N3O16. The number of benzene rings is 1. The number of phenolic OH excluding ortho intramolecular Hbond substituents is 2. The van der Waals surface area contributed by atoms with Gasteiger partial charge in [-0.2, -0.15) is 0 Å². The Bertz CT molecular complexity index is 1150. The molecule has 3 fully saturated rings. The zero-order valence-corrected chi connectivity index (χ0v) is 23.1. The Morgan fingerprint density at radius 1 is 0.773 bits per heavy atom. The first kappa shape index (κ1) is 34.7. The van der Waals surface area contributed by atoms with Crippen molar-refractivity contribution in [3.05, 3.63) is 23.3 Å². The van der Waals surface area contributed by atoms with E-state index in [0.29, 0.717) is 0 Å². The van der Waals surface area contributed by atoms with E-state index in [2.05, 4.69) is 0 Å². The number of aliphatic hydroxyl groups is 8. The molecule has 3 aliphatic rings. The average molecular weight is 638 g/mol. The molecule has 1 aromatic carbocycles. The molecule has 0 amide bonds. The number of carbonyl (C=O) groups is 1. The van der Waals surface area contributed by atoms with Crippen molar-refractivity contribution in [1.82, 2.24) is 0 Å². The fourth-order valence-electron chi connectivity index (χ4n) is 5.55. The van der Waals surface area contributed by atoms with Gasteiger partial charge in [0, 0.05) is 5.56 Å². The first-order valence-corrected chi connectivity index (χ1v) is 13.6. The van der Waals surface area contributed by atoms with Gasteiger partial charge in [-0.3, -0.25) is 4.79 Å². The molecule has 15 atom stereocenters. The molecule has 0 aliphatic carbocycles. The number of aromatic hydroxyl groups is 2. The standard InChI is InChI=1S/C25H39N3O16/c26-11-16(35)19(9(4-30)40-22(11)39)42-23-12(27)17(36)20(10(5-31)41-23)43-24-13(28)18(37)21(38)25(6-32,44-24)8-2-1-7(3-29)14(33)15(8)34/h1-3,9-13,16-24,30-39H,4-6,26-28H2/t9-,10-,11-,12-,13-,16-,17-,18-,19?,20?,21+,22-,23+,24+,25+/m1/s1. The summed E-state index contributed by atoms with van der Waals surface area (Å²) in [6.07, 6.45) is -17.7. The number of carbonyl (C=O) groups excluding carboxylic acids is 1. The summed E-state index contributed by atoms with van der Waals surface area (Å²) < 4.78 is 28.1. The van der Waals surface area contributed by atoms with Crippen LogP contribution in [0.1, 0.15) is 15.9 Å². The molecule has 0 bridgehead atoms. The highest BCUT2D eigenvalue weighted by atomic mass is 16.7. The van der Waals surface area contributed by atoms with Crippen LogP contribution < -0.4 is 17.2 Å². The minimum Gasteiger partial charge on any atom is -0.504 e. The molecule has 3 heterocycles. The highest BCUT2D eigenvalue weighted by Crippen LogP contribution is 2.46. The van der Waals surface area contributed by atoms with Gasteiger partial charge in [0.05, 0.1) is 43.5 Å². The van der Waals surface area contributed by atoms with E-state index in [0.717, 1.165) is 12.1 Å². The van der Waals surface area contributed by atoms with Gasteiger partial charge in [-0.15, -0.1) is 0 Å². The maximum absolute atomic E-state index is 11.2. The highest BCUT2D eigenvalue weighted by molar-refractivity contribution is 5.81. The van der Waals surface area contributed by atoms with Crippen LogP contribution in [-0.2, 0) is 29.3 Å². The van der Waals surface area contributed by atoms with Crippen molar-refractivity contribution >= 4 is 6.29 Å². The van der Waals surface area contributed by atoms with Crippen LogP contribution in [0.15, 0.2) is 12.1 Å². The molecule has 0 radical (unpaired) electrons. The topological polar surface area (TPSA) is 344 Å². The molecular weight excluding hydrogens is 598 g/mol. The normalized spacial score (nSPS) is 44.8. The molecule has 0 aromatic heterocycles. The second-order valence-electron chi connectivity index (χ2n) is 10.9. The molecule has 0 saturated carbocycles. The SMILES string of the molecule is N[C@H]1[C@@H](OC2[C@@H](CO)O[C@@H](OC3[C@@H](CO)O[C@@H](O)[C@H](N)[C@H]3O)[C@H](N)[C@H]2O)O[C@@](CO)(c2ccc(C=O)c(O)c2O)[C@@H](O)[C@@H]1O. The predicted molar refractivity (Wildman–Crippen MR) is 140 cm³/mol. The average Bonchev–Trinajstić information content (AvgIpc) is 3.02. The molecule has 19 nitrogen and oxygen atoms in total. The summed E-state index contributed by atoms with van der Waals surface area (Å²) in [5, 5.41) is 104. The molecule has 0 spiro atoms. The van der Waals surface area contributed by atoms with Crippen molar-refractivity contribution in [2.45, 2.75) is 91.4 Å². The summed E-state index contributed by atoms with van der Waals surface area (Å²) in [7, 11) is 0. The Hall–Kier alpha value is -2.15. The zero-order valence-electron chi connectivity index (χ0n) is 23.1. The summed E-state index contributed by atoms with van der Waals surface area (Å²) in [4.78, 5) is 11.2. The largest absolute Gasteiger partial charge is 0.504 e. The maximum atomic E-state index is 11.2. The fraction of sp³-hybridized carbons (Fsp3) is 0.720. The van der Waals surface area contributed by atoms with Gasteiger partial charge in [0.1, 0.15) is 48.8 Å². The van der Waals surface area contributed by atoms with Crippen molar-refractivity contribution in [1.29, 1.82) is 0 Å². The minimum atomic E-state index is -2.40. The van der Waals surface area contributed by atoms with E-state index in [1.807, 2.05) is 0 Å². The van der Waals surface area contributed by atoms with Gasteiger partial charge in [0.15, 0.2) is 42.3 Å². The van der Waals surface area contributed by atoms with Crippen LogP contribution in [0.2, 0.25) is 0 Å². The smallest absolute Gasteiger partial charge is 0.177 e. The first-order chi connectivity index (χ1) is 20.8. The molecule has 2 unspecified atom stereocenters. The number of ether oxygens (including phenoxy) is 5. The Kier molecular flexibility index (Phi) is 10.8. The molecule has 19 heteroatoms. The number of rotatable bonds is 9. The van der Waals surface area contributed by atoms with E-state index in [4.69, 9.17) is 40.9 Å². The molecule has 1 aromatic rings. The summed E-state index contributed by atoms with van der Waals surface area (Å²) in [6.45, 7) is -2.67. The van der Waals surface area contributed by atoms with E-state index < -0.39 is 128 Å². The summed E-state index contributed by atoms with van der Waals surface area (Å²) in [5.74, 6) is -1.86. The molecule has 3 saturated heterocycles. The lowest BCUT2D eigenvalue weighted by atomic mass is 9.80. The van der Waals surface area contributed by atoms with Crippen molar-refractivity contribution < 1.29 is 79.5 Å². The molecule has 3 aliphatic heterocycles. The van der Waals surface area contributed by atoms with E-state index in [1.165, 1.54) is 0 Å². The third-order valence-corrected chi connectivity index (χ3v) is 8.24. The van der Waals surface area contributed by atoms with Crippen LogP contribution in [0.3, 0.4) is 0 Å². The van der Waals surface area contributed by atoms with Gasteiger partial charge >= 0.3 is 0 Å². The van der Waals surface area contributed by atoms with Crippen LogP contribution in [0, 0.1) is 0 Å². The Morgan fingerprint density at radius 2 is 1.32 bits per heavy atom. The van der Waals surface area contributed by atoms with Gasteiger partial charge in [-0.25, -0.2) is 0 Å². The van der Waals surface area contributed by atoms with E-state index in [-0.39, 0.29) is 11.8 Å². The Labute approximate surface area is 249 Å². The first-order valence-electron chi connectivity index (χ1n) is 13.6. The van der Waals surface area contributed by atoms with Crippen LogP contribution in [0.4, 0.5) is 0 Å². The lowest BCUT2D eigenvalue weighted by Gasteiger charge is -2.51. The maximum Gasteiger partial charge on any atom is 0.177 e. The van der Waals surface area contributed by atoms with Gasteiger partial charge in [-0.05, 0) is 6.07 Å². The van der Waals surface area contributed by atoms with E-state index in [1.54, 1.807) is 0 Å². The van der Waals surface area contributed by atoms with Crippen molar-refractivity contribution in [2.75, 3.05) is 19.8 Å². The van der Waals surface area contributed by atoms with Crippen LogP contribution in [0.25, 0.3) is 0 Å². The molecule has 16 N–H and O–H groups in total. The number of nitrogens with two attached hydrogens (primary N) is 3. The minimum absolute atomic E-state index is 0.239. The third kappa shape index (κ3) is 5.91. The lowest BCUT2D eigenvalue weighted by Crippen LogP contribution is -2.70. The highest BCUT2D eigenvalue weighted by Gasteiger charge is 2.57. The predicted octanol–water partition coefficient (Wildman–Crippen LogP) is -6.92. The van der Waals surface area contributed by atoms with Gasteiger partial charge in [0.2, 0.25) is 0 Å². The lowest BCUT2D eigenvalue weighted by molar-refractivity contribution is -0.363. The van der Waals surface area contributed by atoms with E-state index in [9.17, 15) is 55.9 Å². The second kappa shape index (κ2) is 13.7. The molecule has 4 rings (SSSR count). The Balaban J connectivity index is 1.58.